The molecule has 180 valence electrons. The van der Waals surface area contributed by atoms with Gasteiger partial charge in [0.15, 0.2) is 5.69 Å². The second-order valence-corrected chi connectivity index (χ2v) is 8.80. The fourth-order valence-electron chi connectivity index (χ4n) is 3.91. The zero-order valence-corrected chi connectivity index (χ0v) is 18.5. The average Bonchev–Trinajstić information content (AvgIpc) is 3.12. The van der Waals surface area contributed by atoms with E-state index in [-0.39, 0.29) is 17.9 Å². The van der Waals surface area contributed by atoms with E-state index < -0.39 is 17.7 Å². The number of rotatable bonds is 5. The van der Waals surface area contributed by atoms with E-state index >= 15 is 0 Å². The number of benzene rings is 1. The molecule has 2 saturated carbocycles. The Morgan fingerprint density at radius 2 is 1.71 bits per heavy atom. The molecule has 9 heteroatoms. The summed E-state index contributed by atoms with van der Waals surface area (Å²) in [4.78, 5) is 26.8. The Morgan fingerprint density at radius 1 is 1.03 bits per heavy atom. The van der Waals surface area contributed by atoms with Gasteiger partial charge in [0.1, 0.15) is 0 Å². The number of halogens is 3. The number of carboxylic acids is 1. The molecule has 2 aromatic heterocycles. The summed E-state index contributed by atoms with van der Waals surface area (Å²) in [6.45, 7) is 0.358. The number of amides is 1. The second kappa shape index (κ2) is 9.87. The largest absolute Gasteiger partial charge is 0.481 e. The van der Waals surface area contributed by atoms with Crippen molar-refractivity contribution in [3.63, 3.8) is 0 Å². The van der Waals surface area contributed by atoms with Crippen molar-refractivity contribution in [1.29, 1.82) is 0 Å². The van der Waals surface area contributed by atoms with Crippen LogP contribution < -0.4 is 5.32 Å². The van der Waals surface area contributed by atoms with Crippen LogP contribution in [0.4, 0.5) is 13.2 Å². The second-order valence-electron chi connectivity index (χ2n) is 8.80. The number of aromatic nitrogens is 2. The predicted molar refractivity (Wildman–Crippen MR) is 120 cm³/mol. The molecule has 3 aromatic rings. The summed E-state index contributed by atoms with van der Waals surface area (Å²) in [5.74, 6) is -0.830. The summed E-state index contributed by atoms with van der Waals surface area (Å²) in [6.07, 6.45) is 5.05. The van der Waals surface area contributed by atoms with Crippen molar-refractivity contribution >= 4 is 22.8 Å². The summed E-state index contributed by atoms with van der Waals surface area (Å²) >= 11 is 0. The van der Waals surface area contributed by atoms with E-state index in [4.69, 9.17) is 5.11 Å². The molecular formula is C25H26F3N3O3. The monoisotopic (exact) mass is 473 g/mol. The molecule has 34 heavy (non-hydrogen) atoms. The Balaban J connectivity index is 0.000000336. The number of carboxylic acid groups (broad SMARTS) is 1. The lowest BCUT2D eigenvalue weighted by molar-refractivity contribution is -0.144. The minimum Gasteiger partial charge on any atom is -0.481 e. The first kappa shape index (κ1) is 23.8. The smallest absolute Gasteiger partial charge is 0.416 e. The first-order chi connectivity index (χ1) is 16.2. The van der Waals surface area contributed by atoms with Gasteiger partial charge in [-0.05, 0) is 61.9 Å². The molecule has 0 radical (unpaired) electrons. The molecule has 0 spiro atoms. The van der Waals surface area contributed by atoms with Crippen molar-refractivity contribution in [3.05, 3.63) is 65.6 Å². The molecule has 0 unspecified atom stereocenters. The maximum Gasteiger partial charge on any atom is 0.416 e. The molecule has 2 N–H and O–H groups in total. The summed E-state index contributed by atoms with van der Waals surface area (Å²) in [5.41, 5.74) is 1.08. The molecule has 2 aliphatic rings. The van der Waals surface area contributed by atoms with Crippen LogP contribution in [0, 0.1) is 5.92 Å². The van der Waals surface area contributed by atoms with E-state index in [0.717, 1.165) is 61.6 Å². The summed E-state index contributed by atoms with van der Waals surface area (Å²) in [5, 5.41) is 12.1. The van der Waals surface area contributed by atoms with E-state index in [9.17, 15) is 22.8 Å². The van der Waals surface area contributed by atoms with Crippen LogP contribution in [0.5, 0.6) is 0 Å². The number of alkyl halides is 3. The van der Waals surface area contributed by atoms with Gasteiger partial charge in [0, 0.05) is 30.4 Å². The van der Waals surface area contributed by atoms with E-state index in [2.05, 4.69) is 10.3 Å². The topological polar surface area (TPSA) is 84.2 Å². The molecule has 0 aliphatic heterocycles. The third-order valence-corrected chi connectivity index (χ3v) is 6.42. The third-order valence-electron chi connectivity index (χ3n) is 6.42. The van der Waals surface area contributed by atoms with Crippen LogP contribution in [-0.4, -0.2) is 32.6 Å². The lowest BCUT2D eigenvalue weighted by atomic mass is 9.86. The number of hydrogen-bond donors (Lipinski definition) is 2. The first-order valence-electron chi connectivity index (χ1n) is 11.4. The predicted octanol–water partition coefficient (Wildman–Crippen LogP) is 5.26. The number of aliphatic carboxylic acids is 1. The highest BCUT2D eigenvalue weighted by molar-refractivity contribution is 6.04. The average molecular weight is 473 g/mol. The molecule has 2 aliphatic carbocycles. The normalized spacial score (nSPS) is 16.2. The van der Waals surface area contributed by atoms with Gasteiger partial charge in [-0.2, -0.15) is 13.2 Å². The Kier molecular flexibility index (Phi) is 6.90. The number of fused-ring (bicyclic) bond motifs is 1. The van der Waals surface area contributed by atoms with Crippen LogP contribution >= 0.6 is 0 Å². The highest BCUT2D eigenvalue weighted by atomic mass is 19.4. The summed E-state index contributed by atoms with van der Waals surface area (Å²) in [7, 11) is 0. The van der Waals surface area contributed by atoms with Gasteiger partial charge in [0.2, 0.25) is 0 Å². The van der Waals surface area contributed by atoms with Crippen LogP contribution in [0.3, 0.4) is 0 Å². The fraction of sp³-hybridized carbons (Fsp3) is 0.400. The van der Waals surface area contributed by atoms with Gasteiger partial charge >= 0.3 is 12.1 Å². The van der Waals surface area contributed by atoms with Gasteiger partial charge in [-0.25, -0.2) is 4.98 Å². The van der Waals surface area contributed by atoms with E-state index in [1.807, 2.05) is 22.9 Å². The number of nitrogens with one attached hydrogen (secondary N) is 1. The maximum atomic E-state index is 12.7. The highest BCUT2D eigenvalue weighted by Gasteiger charge is 2.30. The number of pyridine rings is 1. The van der Waals surface area contributed by atoms with Crippen molar-refractivity contribution in [2.45, 2.75) is 57.3 Å². The molecular weight excluding hydrogens is 447 g/mol. The van der Waals surface area contributed by atoms with Gasteiger partial charge in [0.05, 0.1) is 17.0 Å². The molecule has 0 bridgehead atoms. The third kappa shape index (κ3) is 5.40. The van der Waals surface area contributed by atoms with Crippen LogP contribution in [0.2, 0.25) is 0 Å². The lowest BCUT2D eigenvalue weighted by Gasteiger charge is -2.26. The number of carbonyl (C=O) groups excluding carboxylic acids is 1. The number of carbonyl (C=O) groups is 2. The standard InChI is InChI=1S/C20H18F3N3O.C5H8O2/c21-20(22,23)15-6-4-13(5-7-15)12-26-11-9-14-8-10-24-17(18(14)26)19(27)25-16-2-1-3-16;6-5(7)4-2-1-3-4/h4-11,16H,1-3,12H2,(H,25,27);4H,1-3H2,(H,6,7). The SMILES string of the molecule is O=C(NC1CCC1)c1nccc2ccn(Cc3ccc(C(F)(F)F)cc3)c12.O=C(O)C1CCC1. The van der Waals surface area contributed by atoms with Gasteiger partial charge in [-0.1, -0.05) is 18.6 Å². The van der Waals surface area contributed by atoms with Crippen molar-refractivity contribution in [2.75, 3.05) is 0 Å². The molecule has 2 heterocycles. The molecule has 1 aromatic carbocycles. The maximum absolute atomic E-state index is 12.7. The lowest BCUT2D eigenvalue weighted by Crippen LogP contribution is -2.40. The minimum absolute atomic E-state index is 0.000000000000000444. The Morgan fingerprint density at radius 3 is 2.21 bits per heavy atom. The first-order valence-corrected chi connectivity index (χ1v) is 11.4. The van der Waals surface area contributed by atoms with Crippen LogP contribution in [-0.2, 0) is 17.5 Å². The van der Waals surface area contributed by atoms with E-state index in [0.29, 0.717) is 17.8 Å². The van der Waals surface area contributed by atoms with Gasteiger partial charge < -0.3 is 15.0 Å². The summed E-state index contributed by atoms with van der Waals surface area (Å²) in [6, 6.07) is 8.96. The van der Waals surface area contributed by atoms with Gasteiger partial charge in [0.25, 0.3) is 5.91 Å². The molecule has 6 nitrogen and oxygen atoms in total. The molecule has 2 fully saturated rings. The quantitative estimate of drug-likeness (QED) is 0.530. The van der Waals surface area contributed by atoms with Gasteiger partial charge in [-0.3, -0.25) is 9.59 Å². The van der Waals surface area contributed by atoms with Crippen molar-refractivity contribution in [3.8, 4) is 0 Å². The van der Waals surface area contributed by atoms with Gasteiger partial charge in [-0.15, -0.1) is 0 Å². The number of nitrogens with zero attached hydrogens (tertiary/aromatic N) is 2. The van der Waals surface area contributed by atoms with E-state index in [1.54, 1.807) is 6.20 Å². The Hall–Kier alpha value is -3.36. The molecule has 0 saturated heterocycles. The van der Waals surface area contributed by atoms with Crippen LogP contribution in [0.15, 0.2) is 48.8 Å². The minimum atomic E-state index is -4.35. The highest BCUT2D eigenvalue weighted by Crippen LogP contribution is 2.29. The molecule has 5 rings (SSSR count). The van der Waals surface area contributed by atoms with Crippen molar-refractivity contribution in [2.24, 2.45) is 5.92 Å². The molecule has 0 atom stereocenters. The Bertz CT molecular complexity index is 1160. The zero-order valence-electron chi connectivity index (χ0n) is 18.5. The Labute approximate surface area is 194 Å². The van der Waals surface area contributed by atoms with Crippen molar-refractivity contribution < 1.29 is 27.9 Å². The summed E-state index contributed by atoms with van der Waals surface area (Å²) < 4.78 is 40.0. The van der Waals surface area contributed by atoms with Crippen LogP contribution in [0.25, 0.3) is 10.9 Å². The van der Waals surface area contributed by atoms with Crippen molar-refractivity contribution in [1.82, 2.24) is 14.9 Å². The molecule has 1 amide bonds. The number of hydrogen-bond acceptors (Lipinski definition) is 3. The van der Waals surface area contributed by atoms with Crippen LogP contribution in [0.1, 0.15) is 60.1 Å². The fourth-order valence-corrected chi connectivity index (χ4v) is 3.91. The zero-order chi connectivity index (χ0) is 24.3. The van der Waals surface area contributed by atoms with E-state index in [1.165, 1.54) is 12.1 Å².